The Kier molecular flexibility index (Phi) is 5.67. The lowest BCUT2D eigenvalue weighted by molar-refractivity contribution is 0.0907. The van der Waals surface area contributed by atoms with Gasteiger partial charge in [-0.2, -0.15) is 5.10 Å². The van der Waals surface area contributed by atoms with E-state index in [4.69, 9.17) is 4.74 Å². The van der Waals surface area contributed by atoms with Gasteiger partial charge < -0.3 is 15.2 Å². The van der Waals surface area contributed by atoms with Gasteiger partial charge >= 0.3 is 0 Å². The second-order valence-electron chi connectivity index (χ2n) is 6.72. The highest BCUT2D eigenvalue weighted by atomic mass is 16.5. The van der Waals surface area contributed by atoms with Crippen LogP contribution in [0, 0.1) is 0 Å². The Morgan fingerprint density at radius 2 is 1.93 bits per heavy atom. The largest absolute Gasteiger partial charge is 0.487 e. The highest BCUT2D eigenvalue weighted by Gasteiger charge is 2.21. The molecule has 1 amide bonds. The van der Waals surface area contributed by atoms with Crippen LogP contribution in [0.3, 0.4) is 0 Å². The summed E-state index contributed by atoms with van der Waals surface area (Å²) >= 11 is 0. The first-order valence-corrected chi connectivity index (χ1v) is 9.48. The lowest BCUT2D eigenvalue weighted by Gasteiger charge is -2.16. The van der Waals surface area contributed by atoms with Crippen LogP contribution in [0.1, 0.15) is 27.9 Å². The minimum Gasteiger partial charge on any atom is -0.487 e. The van der Waals surface area contributed by atoms with Gasteiger partial charge in [-0.3, -0.25) is 19.4 Å². The highest BCUT2D eigenvalue weighted by Crippen LogP contribution is 2.25. The van der Waals surface area contributed by atoms with Crippen LogP contribution in [-0.4, -0.2) is 37.4 Å². The van der Waals surface area contributed by atoms with Gasteiger partial charge in [-0.25, -0.2) is 0 Å². The molecule has 1 aromatic carbocycles. The Bertz CT molecular complexity index is 1150. The van der Waals surface area contributed by atoms with Gasteiger partial charge in [0.25, 0.3) is 5.91 Å². The number of hydrogen-bond donors (Lipinski definition) is 2. The molecule has 0 aliphatic rings. The number of fused-ring (bicyclic) bond motifs is 1. The summed E-state index contributed by atoms with van der Waals surface area (Å²) in [6.45, 7) is 0.0530. The fourth-order valence-corrected chi connectivity index (χ4v) is 3.20. The van der Waals surface area contributed by atoms with Crippen LogP contribution in [-0.2, 0) is 13.7 Å². The van der Waals surface area contributed by atoms with Crippen LogP contribution in [0.25, 0.3) is 10.9 Å². The highest BCUT2D eigenvalue weighted by molar-refractivity contribution is 6.05. The predicted octanol–water partition coefficient (Wildman–Crippen LogP) is 2.41. The second-order valence-corrected chi connectivity index (χ2v) is 6.72. The summed E-state index contributed by atoms with van der Waals surface area (Å²) in [7, 11) is 1.71. The molecule has 4 aromatic rings. The third-order valence-corrected chi connectivity index (χ3v) is 4.67. The van der Waals surface area contributed by atoms with E-state index in [1.807, 2.05) is 36.4 Å². The minimum absolute atomic E-state index is 0.267. The number of aromatic nitrogens is 4. The molecular weight excluding hydrogens is 382 g/mol. The lowest BCUT2D eigenvalue weighted by atomic mass is 10.1. The standard InChI is InChI=1S/C22H21N5O3/c1-27-21(22(29)25-20(13-28)19-7-3-5-11-24-19)17-12-16(8-9-18(17)26-27)30-14-15-6-2-4-10-23-15/h2-12,20,28H,13-14H2,1H3,(H,25,29). The van der Waals surface area contributed by atoms with E-state index in [0.29, 0.717) is 34.6 Å². The van der Waals surface area contributed by atoms with Gasteiger partial charge in [0, 0.05) is 24.8 Å². The number of aliphatic hydroxyl groups excluding tert-OH is 1. The summed E-state index contributed by atoms with van der Waals surface area (Å²) in [5.41, 5.74) is 2.44. The van der Waals surface area contributed by atoms with Gasteiger partial charge in [0.2, 0.25) is 0 Å². The second kappa shape index (κ2) is 8.71. The van der Waals surface area contributed by atoms with Crippen molar-refractivity contribution >= 4 is 16.8 Å². The molecule has 0 aliphatic heterocycles. The normalized spacial score (nSPS) is 11.9. The van der Waals surface area contributed by atoms with Crippen LogP contribution in [0.2, 0.25) is 0 Å². The number of nitrogens with one attached hydrogen (secondary N) is 1. The zero-order chi connectivity index (χ0) is 20.9. The van der Waals surface area contributed by atoms with E-state index in [-0.39, 0.29) is 12.5 Å². The average Bonchev–Trinajstić information content (AvgIpc) is 3.12. The van der Waals surface area contributed by atoms with E-state index < -0.39 is 6.04 Å². The molecule has 0 fully saturated rings. The first-order chi connectivity index (χ1) is 14.7. The number of ether oxygens (including phenoxy) is 1. The van der Waals surface area contributed by atoms with Crippen molar-refractivity contribution < 1.29 is 14.6 Å². The quantitative estimate of drug-likeness (QED) is 0.491. The molecule has 0 saturated carbocycles. The molecule has 8 nitrogen and oxygen atoms in total. The number of carbonyl (C=O) groups excluding carboxylic acids is 1. The molecule has 0 bridgehead atoms. The Hall–Kier alpha value is -3.78. The van der Waals surface area contributed by atoms with Crippen molar-refractivity contribution in [2.24, 2.45) is 7.05 Å². The molecule has 3 heterocycles. The lowest BCUT2D eigenvalue weighted by Crippen LogP contribution is -2.32. The van der Waals surface area contributed by atoms with Crippen LogP contribution >= 0.6 is 0 Å². The molecule has 0 saturated heterocycles. The number of amides is 1. The summed E-state index contributed by atoms with van der Waals surface area (Å²) in [6.07, 6.45) is 3.33. The maximum Gasteiger partial charge on any atom is 0.270 e. The third-order valence-electron chi connectivity index (χ3n) is 4.67. The number of carbonyl (C=O) groups is 1. The third kappa shape index (κ3) is 4.13. The van der Waals surface area contributed by atoms with Crippen molar-refractivity contribution in [3.05, 3.63) is 84.1 Å². The van der Waals surface area contributed by atoms with Crippen molar-refractivity contribution in [3.63, 3.8) is 0 Å². The fraction of sp³-hybridized carbons (Fsp3) is 0.182. The summed E-state index contributed by atoms with van der Waals surface area (Å²) in [4.78, 5) is 21.5. The van der Waals surface area contributed by atoms with E-state index in [9.17, 15) is 9.90 Å². The molecule has 3 aromatic heterocycles. The molecule has 1 atom stereocenters. The van der Waals surface area contributed by atoms with Gasteiger partial charge in [-0.05, 0) is 42.5 Å². The molecule has 2 N–H and O–H groups in total. The average molecular weight is 403 g/mol. The Morgan fingerprint density at radius 1 is 1.13 bits per heavy atom. The number of nitrogens with zero attached hydrogens (tertiary/aromatic N) is 4. The Labute approximate surface area is 173 Å². The number of rotatable bonds is 7. The number of hydrogen-bond acceptors (Lipinski definition) is 6. The first-order valence-electron chi connectivity index (χ1n) is 9.48. The zero-order valence-corrected chi connectivity index (χ0v) is 16.4. The van der Waals surface area contributed by atoms with Crippen molar-refractivity contribution in [2.75, 3.05) is 6.61 Å². The summed E-state index contributed by atoms with van der Waals surface area (Å²) in [5, 5.41) is 17.6. The summed E-state index contributed by atoms with van der Waals surface area (Å²) in [5.74, 6) is 0.255. The molecule has 152 valence electrons. The Balaban J connectivity index is 1.58. The van der Waals surface area contributed by atoms with Crippen LogP contribution in [0.4, 0.5) is 0 Å². The van der Waals surface area contributed by atoms with E-state index >= 15 is 0 Å². The van der Waals surface area contributed by atoms with Crippen LogP contribution in [0.5, 0.6) is 5.75 Å². The number of aliphatic hydroxyl groups is 1. The monoisotopic (exact) mass is 403 g/mol. The van der Waals surface area contributed by atoms with Gasteiger partial charge in [0.05, 0.1) is 29.6 Å². The van der Waals surface area contributed by atoms with Gasteiger partial charge in [-0.15, -0.1) is 0 Å². The van der Waals surface area contributed by atoms with E-state index in [1.54, 1.807) is 37.6 Å². The molecule has 0 radical (unpaired) electrons. The van der Waals surface area contributed by atoms with Crippen molar-refractivity contribution in [3.8, 4) is 5.75 Å². The molecule has 1 unspecified atom stereocenters. The molecule has 30 heavy (non-hydrogen) atoms. The van der Waals surface area contributed by atoms with Crippen molar-refractivity contribution in [1.29, 1.82) is 0 Å². The molecule has 4 rings (SSSR count). The maximum atomic E-state index is 13.0. The molecule has 0 spiro atoms. The van der Waals surface area contributed by atoms with Crippen LogP contribution in [0.15, 0.2) is 67.0 Å². The maximum absolute atomic E-state index is 13.0. The Morgan fingerprint density at radius 3 is 2.63 bits per heavy atom. The van der Waals surface area contributed by atoms with E-state index in [1.165, 1.54) is 4.68 Å². The van der Waals surface area contributed by atoms with Gasteiger partial charge in [-0.1, -0.05) is 12.1 Å². The summed E-state index contributed by atoms with van der Waals surface area (Å²) in [6, 6.07) is 15.8. The number of benzene rings is 1. The molecular formula is C22H21N5O3. The van der Waals surface area contributed by atoms with E-state index in [0.717, 1.165) is 5.69 Å². The first kappa shape index (κ1) is 19.5. The van der Waals surface area contributed by atoms with Crippen molar-refractivity contribution in [1.82, 2.24) is 25.1 Å². The smallest absolute Gasteiger partial charge is 0.270 e. The van der Waals surface area contributed by atoms with Crippen LogP contribution < -0.4 is 10.1 Å². The number of aryl methyl sites for hydroxylation is 1. The van der Waals surface area contributed by atoms with Crippen molar-refractivity contribution in [2.45, 2.75) is 12.6 Å². The fourth-order valence-electron chi connectivity index (χ4n) is 3.20. The molecule has 0 aliphatic carbocycles. The van der Waals surface area contributed by atoms with Gasteiger partial charge in [0.1, 0.15) is 18.1 Å². The van der Waals surface area contributed by atoms with Gasteiger partial charge in [0.15, 0.2) is 0 Å². The SMILES string of the molecule is Cn1nc2ccc(OCc3ccccn3)cc2c1C(=O)NC(CO)c1ccccn1. The predicted molar refractivity (Wildman–Crippen MR) is 111 cm³/mol. The topological polar surface area (TPSA) is 102 Å². The number of pyridine rings is 2. The minimum atomic E-state index is -0.618. The zero-order valence-electron chi connectivity index (χ0n) is 16.4. The van der Waals surface area contributed by atoms with E-state index in [2.05, 4.69) is 20.4 Å². The summed E-state index contributed by atoms with van der Waals surface area (Å²) < 4.78 is 7.36. The molecule has 8 heteroatoms.